The Labute approximate surface area is 172 Å². The fourth-order valence-corrected chi connectivity index (χ4v) is 4.59. The molecule has 0 aliphatic rings. The maximum absolute atomic E-state index is 13.0. The summed E-state index contributed by atoms with van der Waals surface area (Å²) in [6, 6.07) is 17.5. The average Bonchev–Trinajstić information content (AvgIpc) is 3.44. The third-order valence-corrected chi connectivity index (χ3v) is 6.77. The van der Waals surface area contributed by atoms with E-state index in [2.05, 4.69) is 15.5 Å². The zero-order chi connectivity index (χ0) is 20.3. The topological polar surface area (TPSA) is 88.3 Å². The van der Waals surface area contributed by atoms with Gasteiger partial charge in [-0.2, -0.15) is 16.3 Å². The second kappa shape index (κ2) is 8.06. The minimum atomic E-state index is -3.68. The molecule has 29 heavy (non-hydrogen) atoms. The summed E-state index contributed by atoms with van der Waals surface area (Å²) in [4.78, 5) is 4.54. The van der Waals surface area contributed by atoms with Gasteiger partial charge in [-0.05, 0) is 41.8 Å². The number of para-hydroxylation sites is 1. The van der Waals surface area contributed by atoms with E-state index in [1.807, 2.05) is 22.9 Å². The third-order valence-electron chi connectivity index (χ3n) is 4.30. The van der Waals surface area contributed by atoms with E-state index in [0.29, 0.717) is 23.1 Å². The van der Waals surface area contributed by atoms with E-state index < -0.39 is 10.0 Å². The lowest BCUT2D eigenvalue weighted by Crippen LogP contribution is -2.26. The lowest BCUT2D eigenvalue weighted by Gasteiger charge is -2.19. The summed E-state index contributed by atoms with van der Waals surface area (Å²) < 4.78 is 32.4. The van der Waals surface area contributed by atoms with E-state index in [1.54, 1.807) is 59.9 Å². The molecule has 1 N–H and O–H groups in total. The second-order valence-corrected chi connectivity index (χ2v) is 8.96. The van der Waals surface area contributed by atoms with E-state index in [9.17, 15) is 8.42 Å². The van der Waals surface area contributed by atoms with E-state index in [4.69, 9.17) is 4.52 Å². The first-order valence-electron chi connectivity index (χ1n) is 8.77. The highest BCUT2D eigenvalue weighted by Crippen LogP contribution is 2.24. The Morgan fingerprint density at radius 3 is 2.69 bits per heavy atom. The summed E-state index contributed by atoms with van der Waals surface area (Å²) in [7, 11) is -2.14. The molecule has 4 aromatic rings. The molecule has 0 aliphatic carbocycles. The molecule has 0 fully saturated rings. The van der Waals surface area contributed by atoms with Crippen molar-refractivity contribution in [1.29, 1.82) is 0 Å². The zero-order valence-corrected chi connectivity index (χ0v) is 17.2. The van der Waals surface area contributed by atoms with Crippen LogP contribution in [0.5, 0.6) is 0 Å². The van der Waals surface area contributed by atoms with Crippen LogP contribution in [-0.2, 0) is 16.6 Å². The molecule has 9 heteroatoms. The van der Waals surface area contributed by atoms with Crippen molar-refractivity contribution < 1.29 is 12.9 Å². The minimum absolute atomic E-state index is 0.193. The number of thiophene rings is 1. The number of hydrogen-bond donors (Lipinski definition) is 1. The first-order chi connectivity index (χ1) is 14.0. The van der Waals surface area contributed by atoms with Gasteiger partial charge in [0.2, 0.25) is 11.7 Å². The molecular weight excluding hydrogens is 408 g/mol. The van der Waals surface area contributed by atoms with Gasteiger partial charge in [0.15, 0.2) is 0 Å². The summed E-state index contributed by atoms with van der Waals surface area (Å²) in [5.74, 6) is 0.949. The van der Waals surface area contributed by atoms with Gasteiger partial charge in [-0.15, -0.1) is 0 Å². The summed E-state index contributed by atoms with van der Waals surface area (Å²) in [6.45, 7) is 0.287. The van der Waals surface area contributed by atoms with Gasteiger partial charge in [-0.25, -0.2) is 8.42 Å². The van der Waals surface area contributed by atoms with Gasteiger partial charge < -0.3 is 9.84 Å². The highest BCUT2D eigenvalue weighted by atomic mass is 32.2. The molecule has 7 nitrogen and oxygen atoms in total. The largest absolute Gasteiger partial charge is 0.376 e. The molecule has 0 amide bonds. The molecular formula is C20H18N4O3S2. The van der Waals surface area contributed by atoms with E-state index in [-0.39, 0.29) is 11.4 Å². The number of rotatable bonds is 7. The normalized spacial score (nSPS) is 11.3. The van der Waals surface area contributed by atoms with Crippen LogP contribution in [0.1, 0.15) is 5.89 Å². The fraction of sp³-hybridized carbons (Fsp3) is 0.100. The van der Waals surface area contributed by atoms with E-state index in [0.717, 1.165) is 5.56 Å². The van der Waals surface area contributed by atoms with Crippen LogP contribution in [0.25, 0.3) is 11.4 Å². The van der Waals surface area contributed by atoms with Crippen molar-refractivity contribution in [3.8, 4) is 11.4 Å². The van der Waals surface area contributed by atoms with E-state index in [1.165, 1.54) is 11.4 Å². The van der Waals surface area contributed by atoms with Crippen LogP contribution in [0.2, 0.25) is 0 Å². The van der Waals surface area contributed by atoms with Crippen molar-refractivity contribution in [1.82, 2.24) is 10.1 Å². The van der Waals surface area contributed by atoms with Gasteiger partial charge in [-0.3, -0.25) is 4.31 Å². The Bertz CT molecular complexity index is 1190. The molecule has 0 aliphatic heterocycles. The number of aromatic nitrogens is 2. The Morgan fingerprint density at radius 2 is 1.93 bits per heavy atom. The predicted octanol–water partition coefficient (Wildman–Crippen LogP) is 4.24. The number of nitrogens with zero attached hydrogens (tertiary/aromatic N) is 3. The van der Waals surface area contributed by atoms with Gasteiger partial charge in [0.05, 0.1) is 17.1 Å². The number of anilines is 2. The summed E-state index contributed by atoms with van der Waals surface area (Å²) >= 11 is 1.56. The Kier molecular flexibility index (Phi) is 5.32. The average molecular weight is 427 g/mol. The molecule has 0 saturated carbocycles. The molecule has 0 spiro atoms. The molecule has 0 saturated heterocycles. The highest BCUT2D eigenvalue weighted by molar-refractivity contribution is 7.92. The van der Waals surface area contributed by atoms with Crippen LogP contribution < -0.4 is 9.62 Å². The van der Waals surface area contributed by atoms with Crippen molar-refractivity contribution in [3.05, 3.63) is 77.3 Å². The molecule has 0 bridgehead atoms. The lowest BCUT2D eigenvalue weighted by molar-refractivity contribution is 0.384. The van der Waals surface area contributed by atoms with Gasteiger partial charge in [0.25, 0.3) is 10.0 Å². The highest BCUT2D eigenvalue weighted by Gasteiger charge is 2.21. The van der Waals surface area contributed by atoms with Crippen molar-refractivity contribution in [3.63, 3.8) is 0 Å². The standard InChI is InChI=1S/C20H18N4O3S2/c1-24(17-7-3-2-4-8-17)29(25,26)18-9-5-6-16(12-18)21-13-19-22-20(23-27-19)15-10-11-28-14-15/h2-12,14,21H,13H2,1H3. The minimum Gasteiger partial charge on any atom is -0.376 e. The number of hydrogen-bond acceptors (Lipinski definition) is 7. The van der Waals surface area contributed by atoms with E-state index >= 15 is 0 Å². The first kappa shape index (κ1) is 19.2. The fourth-order valence-electron chi connectivity index (χ4n) is 2.71. The maximum Gasteiger partial charge on any atom is 0.264 e. The quantitative estimate of drug-likeness (QED) is 0.476. The predicted molar refractivity (Wildman–Crippen MR) is 113 cm³/mol. The molecule has 2 heterocycles. The van der Waals surface area contributed by atoms with Crippen LogP contribution in [0, 0.1) is 0 Å². The number of benzene rings is 2. The Hall–Kier alpha value is -3.17. The first-order valence-corrected chi connectivity index (χ1v) is 11.2. The SMILES string of the molecule is CN(c1ccccc1)S(=O)(=O)c1cccc(NCc2nc(-c3ccsc3)no2)c1. The monoisotopic (exact) mass is 426 g/mol. The van der Waals surface area contributed by atoms with Crippen molar-refractivity contribution in [2.45, 2.75) is 11.4 Å². The zero-order valence-electron chi connectivity index (χ0n) is 15.5. The molecule has 4 rings (SSSR count). The molecule has 0 radical (unpaired) electrons. The smallest absolute Gasteiger partial charge is 0.264 e. The molecule has 148 valence electrons. The van der Waals surface area contributed by atoms with Crippen LogP contribution >= 0.6 is 11.3 Å². The Balaban J connectivity index is 1.49. The summed E-state index contributed by atoms with van der Waals surface area (Å²) in [5, 5.41) is 11.0. The molecule has 0 atom stereocenters. The van der Waals surface area contributed by atoms with Crippen LogP contribution in [-0.4, -0.2) is 25.6 Å². The lowest BCUT2D eigenvalue weighted by atomic mass is 10.3. The molecule has 0 unspecified atom stereocenters. The Morgan fingerprint density at radius 1 is 1.10 bits per heavy atom. The number of sulfonamides is 1. The van der Waals surface area contributed by atoms with Crippen LogP contribution in [0.15, 0.2) is 80.8 Å². The molecule has 2 aromatic carbocycles. The molecule has 2 aromatic heterocycles. The van der Waals surface area contributed by atoms with Gasteiger partial charge in [0, 0.05) is 23.7 Å². The van der Waals surface area contributed by atoms with Gasteiger partial charge in [0.1, 0.15) is 0 Å². The maximum atomic E-state index is 13.0. The summed E-state index contributed by atoms with van der Waals surface area (Å²) in [5.41, 5.74) is 2.14. The van der Waals surface area contributed by atoms with Crippen LogP contribution in [0.4, 0.5) is 11.4 Å². The van der Waals surface area contributed by atoms with Crippen molar-refractivity contribution in [2.75, 3.05) is 16.7 Å². The third kappa shape index (κ3) is 4.15. The van der Waals surface area contributed by atoms with Gasteiger partial charge in [-0.1, -0.05) is 29.4 Å². The van der Waals surface area contributed by atoms with Crippen LogP contribution in [0.3, 0.4) is 0 Å². The summed E-state index contributed by atoms with van der Waals surface area (Å²) in [6.07, 6.45) is 0. The second-order valence-electron chi connectivity index (χ2n) is 6.21. The number of nitrogens with one attached hydrogen (secondary N) is 1. The van der Waals surface area contributed by atoms with Crippen molar-refractivity contribution in [2.24, 2.45) is 0 Å². The van der Waals surface area contributed by atoms with Crippen molar-refractivity contribution >= 4 is 32.7 Å². The van der Waals surface area contributed by atoms with Gasteiger partial charge >= 0.3 is 0 Å².